The Morgan fingerprint density at radius 3 is 2.35 bits per heavy atom. The number of carbonyl (C=O) groups excluding carboxylic acids is 1. The summed E-state index contributed by atoms with van der Waals surface area (Å²) < 4.78 is 37.4. The third-order valence-corrected chi connectivity index (χ3v) is 7.23. The van der Waals surface area contributed by atoms with Crippen molar-refractivity contribution in [2.24, 2.45) is 0 Å². The Labute approximate surface area is 180 Å². The summed E-state index contributed by atoms with van der Waals surface area (Å²) >= 11 is 0. The molecule has 2 aromatic carbocycles. The van der Waals surface area contributed by atoms with Crippen molar-refractivity contribution in [3.05, 3.63) is 58.1 Å². The van der Waals surface area contributed by atoms with Gasteiger partial charge in [0.2, 0.25) is 10.0 Å². The van der Waals surface area contributed by atoms with Gasteiger partial charge in [-0.15, -0.1) is 0 Å². The SMILES string of the molecule is COC(=O)c1ccc(N2CCN(S(=O)(=O)c3ccc(OC)cc3[N+](=O)[O-])C(C)C2)cc1. The van der Waals surface area contributed by atoms with Gasteiger partial charge in [-0.05, 0) is 43.3 Å². The van der Waals surface area contributed by atoms with E-state index < -0.39 is 32.6 Å². The maximum Gasteiger partial charge on any atom is 0.337 e. The molecule has 0 radical (unpaired) electrons. The summed E-state index contributed by atoms with van der Waals surface area (Å²) in [6, 6.07) is 10.1. The van der Waals surface area contributed by atoms with Crippen LogP contribution in [0.2, 0.25) is 0 Å². The van der Waals surface area contributed by atoms with Crippen molar-refractivity contribution in [3.8, 4) is 5.75 Å². The summed E-state index contributed by atoms with van der Waals surface area (Å²) in [5.41, 5.74) is 0.742. The average Bonchev–Trinajstić information content (AvgIpc) is 2.77. The lowest BCUT2D eigenvalue weighted by atomic mass is 10.1. The minimum atomic E-state index is -4.09. The third kappa shape index (κ3) is 4.47. The number of anilines is 1. The van der Waals surface area contributed by atoms with E-state index in [1.807, 2.05) is 4.90 Å². The Bertz CT molecular complexity index is 1090. The zero-order chi connectivity index (χ0) is 22.8. The van der Waals surface area contributed by atoms with E-state index in [2.05, 4.69) is 0 Å². The number of ether oxygens (including phenoxy) is 2. The highest BCUT2D eigenvalue weighted by Gasteiger charge is 2.37. The van der Waals surface area contributed by atoms with E-state index in [1.165, 1.54) is 30.7 Å². The fourth-order valence-electron chi connectivity index (χ4n) is 3.57. The van der Waals surface area contributed by atoms with E-state index in [9.17, 15) is 23.3 Å². The van der Waals surface area contributed by atoms with Crippen molar-refractivity contribution < 1.29 is 27.6 Å². The second kappa shape index (κ2) is 8.90. The molecule has 3 rings (SSSR count). The zero-order valence-corrected chi connectivity index (χ0v) is 18.2. The average molecular weight is 449 g/mol. The molecule has 0 aromatic heterocycles. The lowest BCUT2D eigenvalue weighted by Crippen LogP contribution is -2.54. The summed E-state index contributed by atoms with van der Waals surface area (Å²) in [7, 11) is -1.43. The maximum absolute atomic E-state index is 13.2. The highest BCUT2D eigenvalue weighted by atomic mass is 32.2. The van der Waals surface area contributed by atoms with Crippen LogP contribution in [0.3, 0.4) is 0 Å². The molecule has 0 saturated carbocycles. The van der Waals surface area contributed by atoms with Crippen LogP contribution in [0.5, 0.6) is 5.75 Å². The Balaban J connectivity index is 1.82. The number of benzene rings is 2. The van der Waals surface area contributed by atoms with E-state index in [4.69, 9.17) is 9.47 Å². The molecule has 1 atom stereocenters. The molecule has 166 valence electrons. The standard InChI is InChI=1S/C20H23N3O7S/c1-14-13-21(16-6-4-15(5-7-16)20(24)30-3)10-11-22(14)31(27,28)19-9-8-17(29-2)12-18(19)23(25)26/h4-9,12,14H,10-11,13H2,1-3H3. The van der Waals surface area contributed by atoms with Crippen LogP contribution in [-0.4, -0.2) is 63.5 Å². The number of methoxy groups -OCH3 is 2. The maximum atomic E-state index is 13.2. The van der Waals surface area contributed by atoms with Gasteiger partial charge >= 0.3 is 5.97 Å². The molecule has 0 spiro atoms. The van der Waals surface area contributed by atoms with Gasteiger partial charge in [-0.3, -0.25) is 10.1 Å². The number of piperazine rings is 1. The van der Waals surface area contributed by atoms with Crippen LogP contribution in [0.4, 0.5) is 11.4 Å². The van der Waals surface area contributed by atoms with Gasteiger partial charge in [0.15, 0.2) is 4.90 Å². The van der Waals surface area contributed by atoms with Crippen molar-refractivity contribution in [3.63, 3.8) is 0 Å². The normalized spacial score (nSPS) is 17.3. The second-order valence-corrected chi connectivity index (χ2v) is 8.90. The van der Waals surface area contributed by atoms with Gasteiger partial charge in [0, 0.05) is 31.4 Å². The number of sulfonamides is 1. The molecule has 0 N–H and O–H groups in total. The Kier molecular flexibility index (Phi) is 6.46. The predicted molar refractivity (Wildman–Crippen MR) is 113 cm³/mol. The molecular formula is C20H23N3O7S. The summed E-state index contributed by atoms with van der Waals surface area (Å²) in [5.74, 6) is -0.226. The van der Waals surface area contributed by atoms with E-state index in [0.717, 1.165) is 11.8 Å². The van der Waals surface area contributed by atoms with E-state index in [-0.39, 0.29) is 17.2 Å². The molecule has 1 saturated heterocycles. The molecule has 2 aromatic rings. The van der Waals surface area contributed by atoms with E-state index in [1.54, 1.807) is 31.2 Å². The Morgan fingerprint density at radius 1 is 1.13 bits per heavy atom. The van der Waals surface area contributed by atoms with Gasteiger partial charge in [0.25, 0.3) is 5.69 Å². The largest absolute Gasteiger partial charge is 0.497 e. The fraction of sp³-hybridized carbons (Fsp3) is 0.350. The van der Waals surface area contributed by atoms with Gasteiger partial charge in [0.1, 0.15) is 5.75 Å². The van der Waals surface area contributed by atoms with Crippen molar-refractivity contribution in [2.45, 2.75) is 17.9 Å². The highest BCUT2D eigenvalue weighted by molar-refractivity contribution is 7.89. The van der Waals surface area contributed by atoms with Gasteiger partial charge in [-0.2, -0.15) is 4.31 Å². The predicted octanol–water partition coefficient (Wildman–Crippen LogP) is 2.29. The van der Waals surface area contributed by atoms with Crippen molar-refractivity contribution >= 4 is 27.4 Å². The van der Waals surface area contributed by atoms with Crippen LogP contribution >= 0.6 is 0 Å². The van der Waals surface area contributed by atoms with E-state index >= 15 is 0 Å². The summed E-state index contributed by atoms with van der Waals surface area (Å²) in [5, 5.41) is 11.5. The van der Waals surface area contributed by atoms with Crippen molar-refractivity contribution in [1.82, 2.24) is 4.31 Å². The molecule has 1 fully saturated rings. The van der Waals surface area contributed by atoms with Crippen LogP contribution in [0.1, 0.15) is 17.3 Å². The lowest BCUT2D eigenvalue weighted by Gasteiger charge is -2.40. The number of hydrogen-bond acceptors (Lipinski definition) is 8. The minimum absolute atomic E-state index is 0.158. The van der Waals surface area contributed by atoms with Crippen LogP contribution in [0.25, 0.3) is 0 Å². The quantitative estimate of drug-likeness (QED) is 0.374. The summed E-state index contributed by atoms with van der Waals surface area (Å²) in [4.78, 5) is 24.0. The highest BCUT2D eigenvalue weighted by Crippen LogP contribution is 2.32. The molecular weight excluding hydrogens is 426 g/mol. The fourth-order valence-corrected chi connectivity index (χ4v) is 5.32. The first-order valence-electron chi connectivity index (χ1n) is 9.46. The first-order valence-corrected chi connectivity index (χ1v) is 10.9. The zero-order valence-electron chi connectivity index (χ0n) is 17.3. The summed E-state index contributed by atoms with van der Waals surface area (Å²) in [6.45, 7) is 2.69. The topological polar surface area (TPSA) is 119 Å². The number of carbonyl (C=O) groups is 1. The monoisotopic (exact) mass is 449 g/mol. The number of rotatable bonds is 6. The van der Waals surface area contributed by atoms with Gasteiger partial charge in [-0.25, -0.2) is 13.2 Å². The first kappa shape index (κ1) is 22.5. The molecule has 1 unspecified atom stereocenters. The smallest absolute Gasteiger partial charge is 0.337 e. The number of nitrogens with zero attached hydrogens (tertiary/aromatic N) is 3. The van der Waals surface area contributed by atoms with Gasteiger partial charge in [0.05, 0.1) is 30.8 Å². The van der Waals surface area contributed by atoms with Crippen LogP contribution < -0.4 is 9.64 Å². The third-order valence-electron chi connectivity index (χ3n) is 5.17. The van der Waals surface area contributed by atoms with Crippen LogP contribution in [0.15, 0.2) is 47.4 Å². The Hall–Kier alpha value is -3.18. The van der Waals surface area contributed by atoms with Gasteiger partial charge < -0.3 is 14.4 Å². The summed E-state index contributed by atoms with van der Waals surface area (Å²) in [6.07, 6.45) is 0. The molecule has 11 heteroatoms. The minimum Gasteiger partial charge on any atom is -0.497 e. The molecule has 0 aliphatic carbocycles. The molecule has 10 nitrogen and oxygen atoms in total. The lowest BCUT2D eigenvalue weighted by molar-refractivity contribution is -0.387. The molecule has 31 heavy (non-hydrogen) atoms. The van der Waals surface area contributed by atoms with Gasteiger partial charge in [-0.1, -0.05) is 0 Å². The molecule has 1 aliphatic rings. The number of esters is 1. The van der Waals surface area contributed by atoms with Crippen LogP contribution in [0, 0.1) is 10.1 Å². The molecule has 0 amide bonds. The molecule has 1 heterocycles. The van der Waals surface area contributed by atoms with E-state index in [0.29, 0.717) is 18.7 Å². The Morgan fingerprint density at radius 2 is 1.81 bits per heavy atom. The van der Waals surface area contributed by atoms with Crippen molar-refractivity contribution in [1.29, 1.82) is 0 Å². The molecule has 1 aliphatic heterocycles. The first-order chi connectivity index (χ1) is 14.7. The molecule has 0 bridgehead atoms. The van der Waals surface area contributed by atoms with Crippen molar-refractivity contribution in [2.75, 3.05) is 38.8 Å². The number of hydrogen-bond donors (Lipinski definition) is 0. The second-order valence-electron chi connectivity index (χ2n) is 7.04. The number of nitro benzene ring substituents is 1. The van der Waals surface area contributed by atoms with Crippen LogP contribution in [-0.2, 0) is 14.8 Å². The number of nitro groups is 1.